The number of nitrogens with one attached hydrogen (secondary N) is 1. The van der Waals surface area contributed by atoms with Crippen molar-refractivity contribution in [2.24, 2.45) is 5.92 Å². The summed E-state index contributed by atoms with van der Waals surface area (Å²) in [7, 11) is 1.95. The number of rotatable bonds is 6. The zero-order chi connectivity index (χ0) is 17.7. The monoisotopic (exact) mass is 344 g/mol. The van der Waals surface area contributed by atoms with Crippen molar-refractivity contribution in [2.75, 3.05) is 0 Å². The molecular weight excluding hydrogens is 305 g/mol. The first-order chi connectivity index (χ1) is 12.2. The molecule has 0 aliphatic heterocycles. The Kier molecular flexibility index (Phi) is 10.4. The van der Waals surface area contributed by atoms with Gasteiger partial charge in [0.05, 0.1) is 0 Å². The quantitative estimate of drug-likeness (QED) is 0.518. The van der Waals surface area contributed by atoms with Crippen LogP contribution < -0.4 is 5.32 Å². The first-order valence-corrected chi connectivity index (χ1v) is 11.1. The Morgan fingerprint density at radius 3 is 1.84 bits per heavy atom. The molecule has 2 aliphatic rings. The van der Waals surface area contributed by atoms with Gasteiger partial charge in [-0.2, -0.15) is 0 Å². The Labute approximate surface area is 156 Å². The van der Waals surface area contributed by atoms with Gasteiger partial charge in [-0.15, -0.1) is 0 Å². The van der Waals surface area contributed by atoms with Gasteiger partial charge in [0.15, 0.2) is 5.81 Å². The molecule has 1 amide bonds. The van der Waals surface area contributed by atoms with Crippen LogP contribution in [0.15, 0.2) is 12.3 Å². The average Bonchev–Trinajstić information content (AvgIpc) is 2.68. The van der Waals surface area contributed by atoms with Crippen molar-refractivity contribution < 1.29 is 4.79 Å². The molecule has 0 saturated heterocycles. The molecule has 2 aliphatic carbocycles. The van der Waals surface area contributed by atoms with Gasteiger partial charge < -0.3 is 5.32 Å². The van der Waals surface area contributed by atoms with E-state index in [1.165, 1.54) is 103 Å². The molecule has 0 aromatic heterocycles. The number of hydrogen-bond acceptors (Lipinski definition) is 1. The molecule has 2 rings (SSSR count). The lowest BCUT2D eigenvalue weighted by atomic mass is 9.60. The number of carbonyl (C=O) groups excluding carboxylic acids is 1. The summed E-state index contributed by atoms with van der Waals surface area (Å²) in [4.78, 5) is 12.3. The van der Waals surface area contributed by atoms with Crippen LogP contribution in [0.25, 0.3) is 0 Å². The maximum absolute atomic E-state index is 12.3. The van der Waals surface area contributed by atoms with Gasteiger partial charge in [0.1, 0.15) is 0 Å². The van der Waals surface area contributed by atoms with Crippen LogP contribution in [0.2, 0.25) is 5.82 Å². The van der Waals surface area contributed by atoms with E-state index in [9.17, 15) is 4.79 Å². The third-order valence-corrected chi connectivity index (χ3v) is 6.17. The van der Waals surface area contributed by atoms with Crippen molar-refractivity contribution in [1.29, 1.82) is 0 Å². The van der Waals surface area contributed by atoms with Crippen molar-refractivity contribution in [3.63, 3.8) is 0 Å². The van der Waals surface area contributed by atoms with E-state index in [1.54, 1.807) is 0 Å². The van der Waals surface area contributed by atoms with Gasteiger partial charge in [-0.3, -0.25) is 4.79 Å². The summed E-state index contributed by atoms with van der Waals surface area (Å²) in [6.45, 7) is 4.11. The molecule has 141 valence electrons. The maximum atomic E-state index is 12.3. The molecule has 0 spiro atoms. The highest BCUT2D eigenvalue weighted by molar-refractivity contribution is 6.74. The van der Waals surface area contributed by atoms with E-state index < -0.39 is 0 Å². The molecule has 0 aromatic carbocycles. The largest absolute Gasteiger partial charge is 0.340 e. The highest BCUT2D eigenvalue weighted by Crippen LogP contribution is 2.27. The van der Waals surface area contributed by atoms with E-state index in [4.69, 9.17) is 0 Å². The smallest absolute Gasteiger partial charge is 0.236 e. The third-order valence-electron chi connectivity index (χ3n) is 6.17. The van der Waals surface area contributed by atoms with Crippen LogP contribution >= 0.6 is 0 Å². The van der Waals surface area contributed by atoms with Crippen LogP contribution in [0.3, 0.4) is 0 Å². The summed E-state index contributed by atoms with van der Waals surface area (Å²) in [5, 5.41) is 3.06. The summed E-state index contributed by atoms with van der Waals surface area (Å²) < 4.78 is 0. The number of hydrogen-bond donors (Lipinski definition) is 1. The van der Waals surface area contributed by atoms with Crippen LogP contribution in [0.4, 0.5) is 4.79 Å². The summed E-state index contributed by atoms with van der Waals surface area (Å²) >= 11 is 0. The maximum Gasteiger partial charge on any atom is 0.236 e. The highest BCUT2D eigenvalue weighted by atomic mass is 16.1. The third kappa shape index (κ3) is 9.51. The second-order valence-electron chi connectivity index (χ2n) is 8.47. The zero-order valence-corrected chi connectivity index (χ0v) is 16.4. The first-order valence-electron chi connectivity index (χ1n) is 11.1. The van der Waals surface area contributed by atoms with Gasteiger partial charge in [-0.1, -0.05) is 109 Å². The molecule has 0 unspecified atom stereocenters. The van der Waals surface area contributed by atoms with Crippen LogP contribution in [-0.4, -0.2) is 13.1 Å². The predicted octanol–water partition coefficient (Wildman–Crippen LogP) is 6.98. The van der Waals surface area contributed by atoms with E-state index in [2.05, 4.69) is 11.9 Å². The summed E-state index contributed by atoms with van der Waals surface area (Å²) in [5.41, 5.74) is 0.923. The molecule has 2 saturated carbocycles. The second-order valence-corrected chi connectivity index (χ2v) is 8.47. The van der Waals surface area contributed by atoms with E-state index in [0.29, 0.717) is 5.82 Å². The van der Waals surface area contributed by atoms with Crippen molar-refractivity contribution >= 4 is 13.1 Å². The Morgan fingerprint density at radius 1 is 0.800 bits per heavy atom. The second kappa shape index (κ2) is 12.6. The van der Waals surface area contributed by atoms with Crippen molar-refractivity contribution in [3.05, 3.63) is 12.3 Å². The van der Waals surface area contributed by atoms with Crippen LogP contribution in [-0.2, 0) is 0 Å². The van der Waals surface area contributed by atoms with Crippen LogP contribution in [0.5, 0.6) is 0 Å². The first kappa shape index (κ1) is 20.6. The normalized spacial score (nSPS) is 21.9. The predicted molar refractivity (Wildman–Crippen MR) is 109 cm³/mol. The molecule has 2 fully saturated rings. The van der Waals surface area contributed by atoms with E-state index in [-0.39, 0.29) is 5.81 Å². The molecule has 1 N–H and O–H groups in total. The molecule has 0 heterocycles. The average molecular weight is 344 g/mol. The zero-order valence-electron chi connectivity index (χ0n) is 16.4. The van der Waals surface area contributed by atoms with Gasteiger partial charge >= 0.3 is 0 Å². The standard InChI is InChI=1S/C22H39BNO/c1-19(17-18-20-13-9-5-4-6-10-14-20)24-22(25)23-21-15-11-7-2-3-8-12-16-21/h20-21H,1-18H2,(H,24,25). The van der Waals surface area contributed by atoms with Gasteiger partial charge in [-0.25, -0.2) is 0 Å². The summed E-state index contributed by atoms with van der Waals surface area (Å²) in [5.74, 6) is 1.40. The molecule has 25 heavy (non-hydrogen) atoms. The van der Waals surface area contributed by atoms with Crippen molar-refractivity contribution in [1.82, 2.24) is 5.32 Å². The van der Waals surface area contributed by atoms with E-state index in [0.717, 1.165) is 18.0 Å². The Bertz CT molecular complexity index is 377. The molecule has 0 aromatic rings. The lowest BCUT2D eigenvalue weighted by Gasteiger charge is -2.20. The summed E-state index contributed by atoms with van der Waals surface area (Å²) in [6.07, 6.45) is 22.2. The Hall–Kier alpha value is -0.725. The lowest BCUT2D eigenvalue weighted by Crippen LogP contribution is -2.29. The van der Waals surface area contributed by atoms with Crippen molar-refractivity contribution in [2.45, 2.75) is 115 Å². The minimum absolute atomic E-state index is 0.0897. The van der Waals surface area contributed by atoms with E-state index >= 15 is 0 Å². The highest BCUT2D eigenvalue weighted by Gasteiger charge is 2.18. The minimum Gasteiger partial charge on any atom is -0.340 e. The van der Waals surface area contributed by atoms with Gasteiger partial charge in [0.25, 0.3) is 0 Å². The van der Waals surface area contributed by atoms with E-state index in [1.807, 2.05) is 7.28 Å². The minimum atomic E-state index is 0.0897. The van der Waals surface area contributed by atoms with Gasteiger partial charge in [0.2, 0.25) is 7.28 Å². The lowest BCUT2D eigenvalue weighted by molar-refractivity contribution is 0.260. The molecule has 3 heteroatoms. The molecule has 1 radical (unpaired) electrons. The molecule has 0 bridgehead atoms. The topological polar surface area (TPSA) is 29.1 Å². The fraction of sp³-hybridized carbons (Fsp3) is 0.864. The molecular formula is C22H39BNO. The Morgan fingerprint density at radius 2 is 1.28 bits per heavy atom. The number of carbonyl (C=O) groups is 1. The van der Waals surface area contributed by atoms with Crippen LogP contribution in [0, 0.1) is 5.92 Å². The molecule has 0 atom stereocenters. The van der Waals surface area contributed by atoms with Gasteiger partial charge in [-0.05, 0) is 18.8 Å². The van der Waals surface area contributed by atoms with Gasteiger partial charge in [0, 0.05) is 5.70 Å². The fourth-order valence-corrected chi connectivity index (χ4v) is 4.53. The molecule has 2 nitrogen and oxygen atoms in total. The van der Waals surface area contributed by atoms with Crippen LogP contribution in [0.1, 0.15) is 109 Å². The summed E-state index contributed by atoms with van der Waals surface area (Å²) in [6, 6.07) is 0. The fourth-order valence-electron chi connectivity index (χ4n) is 4.53. The SMILES string of the molecule is C=C(CCC1CCCCCCC1)NC(=O)[B]C1CCCCCCCC1. The number of amides is 1. The number of allylic oxidation sites excluding steroid dienone is 1. The van der Waals surface area contributed by atoms with Crippen molar-refractivity contribution in [3.8, 4) is 0 Å². The Balaban J connectivity index is 1.63.